The van der Waals surface area contributed by atoms with Crippen molar-refractivity contribution in [3.63, 3.8) is 0 Å². The number of primary amides is 1. The Hall–Kier alpha value is -1.48. The van der Waals surface area contributed by atoms with Gasteiger partial charge in [0.2, 0.25) is 5.88 Å². The number of nitrogens with zero attached hydrogens (tertiary/aromatic N) is 1. The summed E-state index contributed by atoms with van der Waals surface area (Å²) in [4.78, 5) is 11.4. The van der Waals surface area contributed by atoms with E-state index in [1.165, 1.54) is 0 Å². The number of halogens is 3. The zero-order valence-electron chi connectivity index (χ0n) is 11.4. The van der Waals surface area contributed by atoms with Crippen molar-refractivity contribution >= 4 is 38.4 Å². The van der Waals surface area contributed by atoms with E-state index in [1.807, 2.05) is 0 Å². The Labute approximate surface area is 133 Å². The molecule has 0 aromatic carbocycles. The minimum atomic E-state index is -0.739. The number of rotatable bonds is 7. The molecule has 0 aliphatic heterocycles. The smallest absolute Gasteiger partial charge is 0.257 e. The third kappa shape index (κ3) is 4.50. The number of hydrogen-bond acceptors (Lipinski definition) is 5. The molecule has 0 bridgehead atoms. The average molecular weight is 382 g/mol. The van der Waals surface area contributed by atoms with E-state index in [4.69, 9.17) is 10.5 Å². The molecule has 0 spiro atoms. The maximum absolute atomic E-state index is 13.7. The summed E-state index contributed by atoms with van der Waals surface area (Å²) in [6.07, 6.45) is 1.16. The van der Waals surface area contributed by atoms with Crippen molar-refractivity contribution in [3.8, 4) is 5.88 Å². The number of nitrogens with two attached hydrogens (primary N) is 1. The lowest BCUT2D eigenvalue weighted by molar-refractivity contribution is 0.0997. The molecule has 0 unspecified atom stereocenters. The number of nitrogens with one attached hydrogen (secondary N) is 1. The van der Waals surface area contributed by atoms with Gasteiger partial charge in [0.15, 0.2) is 0 Å². The Balaban J connectivity index is 2.97. The molecule has 0 radical (unpaired) electrons. The van der Waals surface area contributed by atoms with Crippen LogP contribution in [0.1, 0.15) is 17.3 Å². The van der Waals surface area contributed by atoms with E-state index in [0.717, 1.165) is 24.5 Å². The lowest BCUT2D eigenvalue weighted by atomic mass is 10.2. The highest BCUT2D eigenvalue weighted by molar-refractivity contribution is 9.09. The van der Waals surface area contributed by atoms with Gasteiger partial charge in [-0.2, -0.15) is 4.37 Å². The highest BCUT2D eigenvalue weighted by Gasteiger charge is 2.20. The summed E-state index contributed by atoms with van der Waals surface area (Å²) in [6.45, 7) is 0.722. The highest BCUT2D eigenvalue weighted by Crippen LogP contribution is 2.30. The Bertz CT molecular complexity index is 583. The largest absolute Gasteiger partial charge is 0.471 e. The van der Waals surface area contributed by atoms with Crippen molar-refractivity contribution < 1.29 is 18.3 Å². The topological polar surface area (TPSA) is 77.2 Å². The Kier molecular flexibility index (Phi) is 6.76. The van der Waals surface area contributed by atoms with Gasteiger partial charge in [0.05, 0.1) is 5.57 Å². The summed E-state index contributed by atoms with van der Waals surface area (Å²) in [5.41, 5.74) is 5.05. The molecule has 9 heteroatoms. The van der Waals surface area contributed by atoms with Gasteiger partial charge in [0, 0.05) is 12.4 Å². The van der Waals surface area contributed by atoms with Crippen LogP contribution in [-0.4, -0.2) is 29.3 Å². The summed E-state index contributed by atoms with van der Waals surface area (Å²) < 4.78 is 36.2. The van der Waals surface area contributed by atoms with Gasteiger partial charge < -0.3 is 15.8 Å². The molecule has 116 valence electrons. The van der Waals surface area contributed by atoms with Crippen LogP contribution in [0.2, 0.25) is 0 Å². The van der Waals surface area contributed by atoms with Gasteiger partial charge >= 0.3 is 0 Å². The Morgan fingerprint density at radius 2 is 2.24 bits per heavy atom. The van der Waals surface area contributed by atoms with Crippen LogP contribution in [0.4, 0.5) is 13.8 Å². The van der Waals surface area contributed by atoms with Crippen LogP contribution in [-0.2, 0) is 0 Å². The normalized spacial score (nSPS) is 12.9. The molecule has 1 aromatic rings. The summed E-state index contributed by atoms with van der Waals surface area (Å²) in [5, 5.41) is 3.41. The third-order valence-corrected chi connectivity index (χ3v) is 3.62. The molecule has 0 aliphatic rings. The Morgan fingerprint density at radius 1 is 1.57 bits per heavy atom. The molecule has 1 heterocycles. The van der Waals surface area contributed by atoms with Crippen LogP contribution in [0, 0.1) is 0 Å². The second-order valence-corrected chi connectivity index (χ2v) is 5.23. The van der Waals surface area contributed by atoms with E-state index in [0.29, 0.717) is 5.00 Å². The van der Waals surface area contributed by atoms with Crippen LogP contribution < -0.4 is 15.8 Å². The molecule has 21 heavy (non-hydrogen) atoms. The maximum atomic E-state index is 13.7. The molecule has 1 amide bonds. The molecular weight excluding hydrogens is 368 g/mol. The second kappa shape index (κ2) is 8.08. The van der Waals surface area contributed by atoms with Crippen LogP contribution in [0.25, 0.3) is 0 Å². The van der Waals surface area contributed by atoms with Gasteiger partial charge in [-0.25, -0.2) is 8.78 Å². The molecule has 0 atom stereocenters. The number of carbonyl (C=O) groups excluding carboxylic acids is 1. The van der Waals surface area contributed by atoms with Gasteiger partial charge in [-0.05, 0) is 24.5 Å². The first-order chi connectivity index (χ1) is 9.92. The fraction of sp³-hybridized carbons (Fsp3) is 0.333. The van der Waals surface area contributed by atoms with Gasteiger partial charge in [-0.1, -0.05) is 15.9 Å². The van der Waals surface area contributed by atoms with E-state index >= 15 is 0 Å². The van der Waals surface area contributed by atoms with Crippen molar-refractivity contribution in [2.45, 2.75) is 6.92 Å². The lowest BCUT2D eigenvalue weighted by Gasteiger charge is -2.08. The molecule has 0 aliphatic carbocycles. The second-order valence-electron chi connectivity index (χ2n) is 3.81. The Morgan fingerprint density at radius 3 is 2.71 bits per heavy atom. The van der Waals surface area contributed by atoms with Crippen molar-refractivity contribution in [2.24, 2.45) is 5.73 Å². The van der Waals surface area contributed by atoms with Gasteiger partial charge in [-0.3, -0.25) is 4.79 Å². The van der Waals surface area contributed by atoms with Crippen LogP contribution in [0.5, 0.6) is 5.88 Å². The third-order valence-electron chi connectivity index (χ3n) is 2.45. The number of carbonyl (C=O) groups is 1. The molecule has 3 N–H and O–H groups in total. The van der Waals surface area contributed by atoms with Crippen LogP contribution in [0.15, 0.2) is 23.3 Å². The van der Waals surface area contributed by atoms with Crippen molar-refractivity contribution in [2.75, 3.05) is 24.3 Å². The first-order valence-corrected chi connectivity index (χ1v) is 7.69. The number of alkyl halides is 1. The highest BCUT2D eigenvalue weighted by atomic mass is 79.9. The zero-order valence-corrected chi connectivity index (χ0v) is 13.8. The van der Waals surface area contributed by atoms with Gasteiger partial charge in [0.25, 0.3) is 5.91 Å². The number of hydrogen-bond donors (Lipinski definition) is 2. The van der Waals surface area contributed by atoms with E-state index < -0.39 is 24.2 Å². The lowest BCUT2D eigenvalue weighted by Crippen LogP contribution is -2.14. The molecule has 1 aromatic heterocycles. The first-order valence-electron chi connectivity index (χ1n) is 5.79. The van der Waals surface area contributed by atoms with Gasteiger partial charge in [-0.15, -0.1) is 0 Å². The zero-order chi connectivity index (χ0) is 16.0. The van der Waals surface area contributed by atoms with Crippen LogP contribution in [0.3, 0.4) is 0 Å². The summed E-state index contributed by atoms with van der Waals surface area (Å²) in [5.74, 6) is -2.24. The molecular formula is C12H14BrF2N3O2S. The SMILES string of the molecule is CNc1snc(OCC(/C(F)=C\CBr)=C(/C)F)c1C(N)=O. The maximum Gasteiger partial charge on any atom is 0.257 e. The molecule has 0 saturated carbocycles. The number of amides is 1. The number of aromatic nitrogens is 1. The first kappa shape index (κ1) is 17.6. The summed E-state index contributed by atoms with van der Waals surface area (Å²) >= 11 is 4.00. The fourth-order valence-electron chi connectivity index (χ4n) is 1.43. The van der Waals surface area contributed by atoms with E-state index in [2.05, 4.69) is 25.6 Å². The number of ether oxygens (including phenoxy) is 1. The minimum absolute atomic E-state index is 0.0535. The van der Waals surface area contributed by atoms with Crippen molar-refractivity contribution in [1.29, 1.82) is 0 Å². The molecule has 0 fully saturated rings. The minimum Gasteiger partial charge on any atom is -0.471 e. The number of allylic oxidation sites excluding steroid dienone is 2. The van der Waals surface area contributed by atoms with E-state index in [-0.39, 0.29) is 22.3 Å². The van der Waals surface area contributed by atoms with Crippen molar-refractivity contribution in [1.82, 2.24) is 4.37 Å². The fourth-order valence-corrected chi connectivity index (χ4v) is 2.40. The monoisotopic (exact) mass is 381 g/mol. The average Bonchev–Trinajstić information content (AvgIpc) is 2.82. The molecule has 0 saturated heterocycles. The summed E-state index contributed by atoms with van der Waals surface area (Å²) in [6, 6.07) is 0. The molecule has 5 nitrogen and oxygen atoms in total. The van der Waals surface area contributed by atoms with Crippen molar-refractivity contribution in [3.05, 3.63) is 28.9 Å². The summed E-state index contributed by atoms with van der Waals surface area (Å²) in [7, 11) is 1.60. The van der Waals surface area contributed by atoms with E-state index in [9.17, 15) is 13.6 Å². The quantitative estimate of drug-likeness (QED) is 0.561. The van der Waals surface area contributed by atoms with Gasteiger partial charge in [0.1, 0.15) is 28.8 Å². The molecule has 1 rings (SSSR count). The number of anilines is 1. The predicted octanol–water partition coefficient (Wildman–Crippen LogP) is 3.15. The standard InChI is InChI=1S/C12H14BrF2N3O2S/c1-6(14)7(8(15)3-4-13)5-20-11-9(10(16)19)12(17-2)21-18-11/h3,17H,4-5H2,1-2H3,(H2,16,19)/b7-6+,8-3+. The van der Waals surface area contributed by atoms with Crippen LogP contribution >= 0.6 is 27.5 Å². The van der Waals surface area contributed by atoms with E-state index in [1.54, 1.807) is 7.05 Å². The predicted molar refractivity (Wildman–Crippen MR) is 82.5 cm³/mol.